The minimum absolute atomic E-state index is 0.0835. The Morgan fingerprint density at radius 3 is 3.05 bits per heavy atom. The fourth-order valence-corrected chi connectivity index (χ4v) is 2.27. The monoisotopic (exact) mass is 313 g/mol. The van der Waals surface area contributed by atoms with Gasteiger partial charge in [0.1, 0.15) is 5.75 Å². The highest BCUT2D eigenvalue weighted by Crippen LogP contribution is 2.24. The molecular weight excluding hydrogens is 294 g/mol. The number of rotatable bonds is 6. The summed E-state index contributed by atoms with van der Waals surface area (Å²) in [6, 6.07) is 4.85. The molecule has 0 aromatic heterocycles. The van der Waals surface area contributed by atoms with Gasteiger partial charge in [0.05, 0.1) is 31.5 Å². The first kappa shape index (κ1) is 16.1. The SMILES string of the molecule is COc1cc(C(=O)NC(C)COC2CCOC2)ccc1Cl. The fourth-order valence-electron chi connectivity index (χ4n) is 2.07. The van der Waals surface area contributed by atoms with Crippen LogP contribution >= 0.6 is 11.6 Å². The van der Waals surface area contributed by atoms with E-state index in [4.69, 9.17) is 25.8 Å². The Bertz CT molecular complexity index is 489. The van der Waals surface area contributed by atoms with E-state index in [9.17, 15) is 4.79 Å². The number of halogens is 1. The van der Waals surface area contributed by atoms with Gasteiger partial charge in [-0.3, -0.25) is 4.79 Å². The van der Waals surface area contributed by atoms with Crippen molar-refractivity contribution in [3.05, 3.63) is 28.8 Å². The maximum absolute atomic E-state index is 12.1. The summed E-state index contributed by atoms with van der Waals surface area (Å²) >= 11 is 5.94. The van der Waals surface area contributed by atoms with E-state index in [1.807, 2.05) is 6.92 Å². The molecule has 1 saturated heterocycles. The molecule has 2 atom stereocenters. The van der Waals surface area contributed by atoms with Crippen molar-refractivity contribution >= 4 is 17.5 Å². The van der Waals surface area contributed by atoms with Gasteiger partial charge in [-0.15, -0.1) is 0 Å². The van der Waals surface area contributed by atoms with E-state index in [1.54, 1.807) is 18.2 Å². The van der Waals surface area contributed by atoms with Gasteiger partial charge in [0.25, 0.3) is 5.91 Å². The van der Waals surface area contributed by atoms with E-state index in [-0.39, 0.29) is 18.1 Å². The van der Waals surface area contributed by atoms with Gasteiger partial charge >= 0.3 is 0 Å². The Hall–Kier alpha value is -1.30. The molecule has 2 unspecified atom stereocenters. The number of ether oxygens (including phenoxy) is 3. The molecule has 6 heteroatoms. The average Bonchev–Trinajstić information content (AvgIpc) is 2.99. The predicted molar refractivity (Wildman–Crippen MR) is 80.1 cm³/mol. The topological polar surface area (TPSA) is 56.8 Å². The molecule has 1 heterocycles. The third-order valence-electron chi connectivity index (χ3n) is 3.26. The molecule has 0 aliphatic carbocycles. The first-order valence-electron chi connectivity index (χ1n) is 6.94. The number of carbonyl (C=O) groups excluding carboxylic acids is 1. The molecule has 2 rings (SSSR count). The maximum Gasteiger partial charge on any atom is 0.251 e. The molecule has 0 bridgehead atoms. The van der Waals surface area contributed by atoms with Gasteiger partial charge in [-0.2, -0.15) is 0 Å². The number of hydrogen-bond donors (Lipinski definition) is 1. The van der Waals surface area contributed by atoms with Crippen molar-refractivity contribution in [2.45, 2.75) is 25.5 Å². The molecule has 1 N–H and O–H groups in total. The molecular formula is C15H20ClNO4. The number of methoxy groups -OCH3 is 1. The summed E-state index contributed by atoms with van der Waals surface area (Å²) in [7, 11) is 1.52. The predicted octanol–water partition coefficient (Wildman–Crippen LogP) is 2.27. The second-order valence-corrected chi connectivity index (χ2v) is 5.45. The van der Waals surface area contributed by atoms with Crippen LogP contribution in [0.25, 0.3) is 0 Å². The van der Waals surface area contributed by atoms with Crippen LogP contribution in [0.15, 0.2) is 18.2 Å². The zero-order valence-electron chi connectivity index (χ0n) is 12.2. The van der Waals surface area contributed by atoms with Crippen LogP contribution < -0.4 is 10.1 Å². The highest BCUT2D eigenvalue weighted by Gasteiger charge is 2.18. The van der Waals surface area contributed by atoms with E-state index in [2.05, 4.69) is 5.32 Å². The number of benzene rings is 1. The van der Waals surface area contributed by atoms with Gasteiger partial charge in [0, 0.05) is 18.2 Å². The maximum atomic E-state index is 12.1. The highest BCUT2D eigenvalue weighted by atomic mass is 35.5. The van der Waals surface area contributed by atoms with Crippen molar-refractivity contribution in [1.82, 2.24) is 5.32 Å². The lowest BCUT2D eigenvalue weighted by atomic mass is 10.2. The minimum Gasteiger partial charge on any atom is -0.495 e. The second-order valence-electron chi connectivity index (χ2n) is 5.04. The van der Waals surface area contributed by atoms with Crippen LogP contribution in [0.5, 0.6) is 5.75 Å². The van der Waals surface area contributed by atoms with Gasteiger partial charge in [0.2, 0.25) is 0 Å². The molecule has 1 aliphatic heterocycles. The molecule has 5 nitrogen and oxygen atoms in total. The Kier molecular flexibility index (Phi) is 5.85. The Morgan fingerprint density at radius 2 is 2.38 bits per heavy atom. The molecule has 0 spiro atoms. The van der Waals surface area contributed by atoms with Gasteiger partial charge in [0.15, 0.2) is 0 Å². The average molecular weight is 314 g/mol. The number of hydrogen-bond acceptors (Lipinski definition) is 4. The second kappa shape index (κ2) is 7.64. The van der Waals surface area contributed by atoms with Gasteiger partial charge in [-0.1, -0.05) is 11.6 Å². The van der Waals surface area contributed by atoms with Crippen molar-refractivity contribution in [2.75, 3.05) is 26.9 Å². The minimum atomic E-state index is -0.177. The lowest BCUT2D eigenvalue weighted by Crippen LogP contribution is -2.37. The van der Waals surface area contributed by atoms with Crippen LogP contribution in [0.3, 0.4) is 0 Å². The first-order chi connectivity index (χ1) is 10.1. The summed E-state index contributed by atoms with van der Waals surface area (Å²) in [5.74, 6) is 0.306. The van der Waals surface area contributed by atoms with Crippen molar-refractivity contribution in [1.29, 1.82) is 0 Å². The Balaban J connectivity index is 1.85. The normalized spacial score (nSPS) is 19.3. The van der Waals surface area contributed by atoms with Crippen LogP contribution in [0.4, 0.5) is 0 Å². The van der Waals surface area contributed by atoms with Crippen LogP contribution in [0.2, 0.25) is 5.02 Å². The van der Waals surface area contributed by atoms with E-state index < -0.39 is 0 Å². The van der Waals surface area contributed by atoms with E-state index in [0.717, 1.165) is 13.0 Å². The summed E-state index contributed by atoms with van der Waals surface area (Å²) in [4.78, 5) is 12.1. The summed E-state index contributed by atoms with van der Waals surface area (Å²) in [5, 5.41) is 3.37. The van der Waals surface area contributed by atoms with Crippen LogP contribution in [0.1, 0.15) is 23.7 Å². The van der Waals surface area contributed by atoms with Crippen molar-refractivity contribution in [2.24, 2.45) is 0 Å². The third kappa shape index (κ3) is 4.59. The number of amides is 1. The Labute approximate surface area is 129 Å². The molecule has 1 aromatic rings. The van der Waals surface area contributed by atoms with Crippen molar-refractivity contribution in [3.8, 4) is 5.75 Å². The van der Waals surface area contributed by atoms with E-state index in [0.29, 0.717) is 29.5 Å². The van der Waals surface area contributed by atoms with Crippen LogP contribution in [-0.4, -0.2) is 45.0 Å². The standard InChI is InChI=1S/C15H20ClNO4/c1-10(8-21-12-5-6-20-9-12)17-15(18)11-3-4-13(16)14(7-11)19-2/h3-4,7,10,12H,5-6,8-9H2,1-2H3,(H,17,18). The Morgan fingerprint density at radius 1 is 1.57 bits per heavy atom. The molecule has 21 heavy (non-hydrogen) atoms. The number of carbonyl (C=O) groups is 1. The fraction of sp³-hybridized carbons (Fsp3) is 0.533. The summed E-state index contributed by atoms with van der Waals surface area (Å²) in [6.07, 6.45) is 1.05. The van der Waals surface area contributed by atoms with E-state index in [1.165, 1.54) is 7.11 Å². The van der Waals surface area contributed by atoms with Gasteiger partial charge in [-0.05, 0) is 31.5 Å². The lowest BCUT2D eigenvalue weighted by molar-refractivity contribution is 0.0318. The lowest BCUT2D eigenvalue weighted by Gasteiger charge is -2.17. The summed E-state index contributed by atoms with van der Waals surface area (Å²) in [5.41, 5.74) is 0.507. The smallest absolute Gasteiger partial charge is 0.251 e. The summed E-state index contributed by atoms with van der Waals surface area (Å²) in [6.45, 7) is 3.75. The molecule has 1 amide bonds. The van der Waals surface area contributed by atoms with Crippen LogP contribution in [0, 0.1) is 0 Å². The molecule has 1 aliphatic rings. The van der Waals surface area contributed by atoms with Gasteiger partial charge in [-0.25, -0.2) is 0 Å². The first-order valence-corrected chi connectivity index (χ1v) is 7.31. The molecule has 0 radical (unpaired) electrons. The third-order valence-corrected chi connectivity index (χ3v) is 3.57. The van der Waals surface area contributed by atoms with Gasteiger partial charge < -0.3 is 19.5 Å². The van der Waals surface area contributed by atoms with Crippen LogP contribution in [-0.2, 0) is 9.47 Å². The largest absolute Gasteiger partial charge is 0.495 e. The zero-order chi connectivity index (χ0) is 15.2. The quantitative estimate of drug-likeness (QED) is 0.875. The molecule has 1 aromatic carbocycles. The number of nitrogens with one attached hydrogen (secondary N) is 1. The van der Waals surface area contributed by atoms with E-state index >= 15 is 0 Å². The molecule has 0 saturated carbocycles. The molecule has 116 valence electrons. The highest BCUT2D eigenvalue weighted by molar-refractivity contribution is 6.32. The van der Waals surface area contributed by atoms with Crippen molar-refractivity contribution in [3.63, 3.8) is 0 Å². The zero-order valence-corrected chi connectivity index (χ0v) is 13.0. The van der Waals surface area contributed by atoms with Crippen molar-refractivity contribution < 1.29 is 19.0 Å². The molecule has 1 fully saturated rings. The summed E-state index contributed by atoms with van der Waals surface area (Å²) < 4.78 is 16.0.